The Morgan fingerprint density at radius 2 is 1.71 bits per heavy atom. The maximum Gasteiger partial charge on any atom is 0.205 e. The van der Waals surface area contributed by atoms with Gasteiger partial charge >= 0.3 is 0 Å². The van der Waals surface area contributed by atoms with Crippen LogP contribution in [0.15, 0.2) is 0 Å². The zero-order valence-electron chi connectivity index (χ0n) is 7.83. The summed E-state index contributed by atoms with van der Waals surface area (Å²) in [6, 6.07) is 0. The molecule has 3 atom stereocenters. The summed E-state index contributed by atoms with van der Waals surface area (Å²) in [5.74, 6) is -2.57. The summed E-state index contributed by atoms with van der Waals surface area (Å²) < 4.78 is 0. The summed E-state index contributed by atoms with van der Waals surface area (Å²) in [5, 5.41) is 56.5. The van der Waals surface area contributed by atoms with E-state index in [1.165, 1.54) is 7.05 Å². The van der Waals surface area contributed by atoms with E-state index in [1.807, 2.05) is 0 Å². The van der Waals surface area contributed by atoms with Gasteiger partial charge in [-0.2, -0.15) is 0 Å². The summed E-state index contributed by atoms with van der Waals surface area (Å²) in [7, 11) is 1.42. The van der Waals surface area contributed by atoms with Gasteiger partial charge < -0.3 is 36.0 Å². The molecule has 0 spiro atoms. The highest BCUT2D eigenvalue weighted by Gasteiger charge is 2.40. The van der Waals surface area contributed by atoms with Crippen LogP contribution in [0.2, 0.25) is 0 Å². The molecule has 0 unspecified atom stereocenters. The van der Waals surface area contributed by atoms with Crippen molar-refractivity contribution in [2.75, 3.05) is 20.2 Å². The lowest BCUT2D eigenvalue weighted by atomic mass is 10.0. The average molecular weight is 211 g/mol. The molecule has 7 nitrogen and oxygen atoms in total. The van der Waals surface area contributed by atoms with Gasteiger partial charge in [0, 0.05) is 0 Å². The fourth-order valence-electron chi connectivity index (χ4n) is 0.957. The molecule has 0 aromatic rings. The van der Waals surface area contributed by atoms with E-state index in [0.29, 0.717) is 0 Å². The van der Waals surface area contributed by atoms with Crippen molar-refractivity contribution in [1.82, 2.24) is 5.32 Å². The number of aliphatic hydroxyl groups is 6. The third kappa shape index (κ3) is 3.46. The smallest absolute Gasteiger partial charge is 0.205 e. The highest BCUT2D eigenvalue weighted by atomic mass is 16.5. The molecule has 0 aliphatic rings. The monoisotopic (exact) mass is 211 g/mol. The van der Waals surface area contributed by atoms with Crippen LogP contribution >= 0.6 is 0 Å². The van der Waals surface area contributed by atoms with Crippen LogP contribution < -0.4 is 5.32 Å². The van der Waals surface area contributed by atoms with Crippen molar-refractivity contribution in [3.63, 3.8) is 0 Å². The number of hydrogen-bond donors (Lipinski definition) is 7. The summed E-state index contributed by atoms with van der Waals surface area (Å²) in [4.78, 5) is 0. The maximum absolute atomic E-state index is 9.22. The van der Waals surface area contributed by atoms with Crippen LogP contribution in [-0.4, -0.2) is 74.9 Å². The van der Waals surface area contributed by atoms with Crippen molar-refractivity contribution >= 4 is 0 Å². The first-order valence-electron chi connectivity index (χ1n) is 4.11. The van der Waals surface area contributed by atoms with Crippen LogP contribution in [0.1, 0.15) is 0 Å². The minimum Gasteiger partial charge on any atom is -0.394 e. The van der Waals surface area contributed by atoms with Crippen molar-refractivity contribution in [3.05, 3.63) is 0 Å². The van der Waals surface area contributed by atoms with Gasteiger partial charge in [0.25, 0.3) is 0 Å². The van der Waals surface area contributed by atoms with Gasteiger partial charge in [-0.05, 0) is 7.05 Å². The fourth-order valence-corrected chi connectivity index (χ4v) is 0.957. The fraction of sp³-hybridized carbons (Fsp3) is 1.00. The van der Waals surface area contributed by atoms with Gasteiger partial charge in [0.05, 0.1) is 13.2 Å². The second-order valence-electron chi connectivity index (χ2n) is 3.09. The lowest BCUT2D eigenvalue weighted by Gasteiger charge is -2.31. The molecule has 14 heavy (non-hydrogen) atoms. The van der Waals surface area contributed by atoms with E-state index < -0.39 is 30.7 Å². The van der Waals surface area contributed by atoms with Crippen LogP contribution in [0.5, 0.6) is 0 Å². The van der Waals surface area contributed by atoms with E-state index in [1.54, 1.807) is 0 Å². The van der Waals surface area contributed by atoms with Crippen molar-refractivity contribution < 1.29 is 30.6 Å². The molecule has 0 saturated heterocycles. The molecule has 0 radical (unpaired) electrons. The predicted octanol–water partition coefficient (Wildman–Crippen LogP) is -4.04. The first kappa shape index (κ1) is 13.7. The number of likely N-dealkylation sites (N-methyl/N-ethyl adjacent to an activating group) is 1. The van der Waals surface area contributed by atoms with Gasteiger partial charge in [-0.15, -0.1) is 0 Å². The third-order valence-corrected chi connectivity index (χ3v) is 1.82. The second-order valence-corrected chi connectivity index (χ2v) is 3.09. The van der Waals surface area contributed by atoms with Crippen molar-refractivity contribution in [2.24, 2.45) is 0 Å². The Morgan fingerprint density at radius 3 is 2.07 bits per heavy atom. The molecule has 0 bridgehead atoms. The highest BCUT2D eigenvalue weighted by molar-refractivity contribution is 4.86. The molecule has 0 rings (SSSR count). The van der Waals surface area contributed by atoms with E-state index >= 15 is 0 Å². The Labute approximate surface area is 81.2 Å². The van der Waals surface area contributed by atoms with Gasteiger partial charge in [-0.25, -0.2) is 0 Å². The normalized spacial score (nSPS) is 19.1. The van der Waals surface area contributed by atoms with E-state index in [-0.39, 0.29) is 6.54 Å². The first-order valence-corrected chi connectivity index (χ1v) is 4.11. The van der Waals surface area contributed by atoms with Crippen LogP contribution in [-0.2, 0) is 0 Å². The van der Waals surface area contributed by atoms with Crippen LogP contribution in [0.25, 0.3) is 0 Å². The summed E-state index contributed by atoms with van der Waals surface area (Å²) in [5.41, 5.74) is 0. The standard InChI is InChI=1S/C7H17NO6/c1-8-3-7(13,14)6(12)5(11)4(10)2-9/h4-6,8-14H,2-3H2,1H3/t4-,5-,6+/m1/s1. The molecule has 7 N–H and O–H groups in total. The zero-order valence-corrected chi connectivity index (χ0v) is 7.83. The van der Waals surface area contributed by atoms with Gasteiger partial charge in [-0.1, -0.05) is 0 Å². The van der Waals surface area contributed by atoms with Gasteiger partial charge in [0.15, 0.2) is 0 Å². The Bertz CT molecular complexity index is 164. The van der Waals surface area contributed by atoms with E-state index in [9.17, 15) is 15.3 Å². The van der Waals surface area contributed by atoms with Crippen molar-refractivity contribution in [3.8, 4) is 0 Å². The molecular formula is C7H17NO6. The second kappa shape index (κ2) is 5.56. The molecule has 0 aromatic heterocycles. The molecule has 86 valence electrons. The summed E-state index contributed by atoms with van der Waals surface area (Å²) in [6.07, 6.45) is -5.43. The lowest BCUT2D eigenvalue weighted by molar-refractivity contribution is -0.254. The first-order chi connectivity index (χ1) is 6.36. The van der Waals surface area contributed by atoms with Crippen molar-refractivity contribution in [1.29, 1.82) is 0 Å². The van der Waals surface area contributed by atoms with E-state index in [0.717, 1.165) is 0 Å². The third-order valence-electron chi connectivity index (χ3n) is 1.82. The minimum absolute atomic E-state index is 0.386. The van der Waals surface area contributed by atoms with Gasteiger partial charge in [0.1, 0.15) is 18.3 Å². The van der Waals surface area contributed by atoms with Gasteiger partial charge in [-0.3, -0.25) is 0 Å². The molecule has 0 fully saturated rings. The Balaban J connectivity index is 4.35. The Hall–Kier alpha value is -0.280. The summed E-state index contributed by atoms with van der Waals surface area (Å²) >= 11 is 0. The van der Waals surface area contributed by atoms with Gasteiger partial charge in [0.2, 0.25) is 5.79 Å². The maximum atomic E-state index is 9.22. The molecule has 0 heterocycles. The molecule has 0 aliphatic carbocycles. The predicted molar refractivity (Wildman–Crippen MR) is 46.2 cm³/mol. The topological polar surface area (TPSA) is 133 Å². The van der Waals surface area contributed by atoms with E-state index in [4.69, 9.17) is 15.3 Å². The number of nitrogens with one attached hydrogen (secondary N) is 1. The Morgan fingerprint density at radius 1 is 1.21 bits per heavy atom. The lowest BCUT2D eigenvalue weighted by Crippen LogP contribution is -2.57. The molecule has 0 amide bonds. The van der Waals surface area contributed by atoms with E-state index in [2.05, 4.69) is 5.32 Å². The minimum atomic E-state index is -2.57. The van der Waals surface area contributed by atoms with Crippen LogP contribution in [0, 0.1) is 0 Å². The molecule has 0 saturated carbocycles. The van der Waals surface area contributed by atoms with Crippen LogP contribution in [0.3, 0.4) is 0 Å². The highest BCUT2D eigenvalue weighted by Crippen LogP contribution is 2.12. The molecular weight excluding hydrogens is 194 g/mol. The van der Waals surface area contributed by atoms with Crippen molar-refractivity contribution in [2.45, 2.75) is 24.1 Å². The summed E-state index contributed by atoms with van der Waals surface area (Å²) in [6.45, 7) is -1.17. The SMILES string of the molecule is CNCC(O)(O)[C@@H](O)[C@H](O)[C@H](O)CO. The van der Waals surface area contributed by atoms with Crippen LogP contribution in [0.4, 0.5) is 0 Å². The number of rotatable bonds is 6. The quantitative estimate of drug-likeness (QED) is 0.222. The zero-order chi connectivity index (χ0) is 11.4. The largest absolute Gasteiger partial charge is 0.394 e. The molecule has 0 aromatic carbocycles. The molecule has 7 heteroatoms. The Kier molecular flexibility index (Phi) is 5.45. The number of aliphatic hydroxyl groups excluding tert-OH is 4. The number of hydrogen-bond acceptors (Lipinski definition) is 7. The average Bonchev–Trinajstić information content (AvgIpc) is 2.14. The molecule has 0 aliphatic heterocycles.